The molecule has 0 fully saturated rings. The van der Waals surface area contributed by atoms with E-state index in [2.05, 4.69) is 40.2 Å². The van der Waals surface area contributed by atoms with Crippen molar-refractivity contribution in [3.05, 3.63) is 46.7 Å². The molecule has 0 saturated carbocycles. The van der Waals surface area contributed by atoms with Crippen LogP contribution in [0.25, 0.3) is 22.0 Å². The summed E-state index contributed by atoms with van der Waals surface area (Å²) in [5.41, 5.74) is 5.82. The molecule has 6 heteroatoms. The molecular formula is C23H30N4OS. The van der Waals surface area contributed by atoms with E-state index in [0.717, 1.165) is 64.7 Å². The van der Waals surface area contributed by atoms with Gasteiger partial charge in [0.15, 0.2) is 0 Å². The fourth-order valence-corrected chi connectivity index (χ4v) is 4.17. The number of pyridine rings is 1. The lowest BCUT2D eigenvalue weighted by Gasteiger charge is -2.11. The second-order valence-corrected chi connectivity index (χ2v) is 8.45. The molecular weight excluding hydrogens is 380 g/mol. The summed E-state index contributed by atoms with van der Waals surface area (Å²) in [5, 5.41) is 6.08. The zero-order valence-electron chi connectivity index (χ0n) is 18.0. The van der Waals surface area contributed by atoms with Crippen molar-refractivity contribution in [3.8, 4) is 22.0 Å². The lowest BCUT2D eigenvalue weighted by molar-refractivity contribution is 0.0942. The van der Waals surface area contributed by atoms with E-state index in [1.165, 1.54) is 0 Å². The maximum absolute atomic E-state index is 12.7. The van der Waals surface area contributed by atoms with Crippen molar-refractivity contribution < 1.29 is 4.79 Å². The van der Waals surface area contributed by atoms with Crippen molar-refractivity contribution in [1.82, 2.24) is 19.9 Å². The zero-order chi connectivity index (χ0) is 21.0. The van der Waals surface area contributed by atoms with Crippen LogP contribution in [0.1, 0.15) is 62.3 Å². The normalized spacial score (nSPS) is 11.2. The topological polar surface area (TPSA) is 59.8 Å². The minimum Gasteiger partial charge on any atom is -0.350 e. The van der Waals surface area contributed by atoms with E-state index in [9.17, 15) is 4.79 Å². The molecule has 0 aliphatic heterocycles. The first-order valence-corrected chi connectivity index (χ1v) is 11.2. The maximum Gasteiger partial charge on any atom is 0.253 e. The molecule has 0 aliphatic rings. The van der Waals surface area contributed by atoms with Crippen molar-refractivity contribution in [2.45, 2.75) is 66.5 Å². The first kappa shape index (κ1) is 21.2. The van der Waals surface area contributed by atoms with Gasteiger partial charge in [-0.25, -0.2) is 4.98 Å². The molecule has 0 aromatic carbocycles. The molecule has 0 spiro atoms. The van der Waals surface area contributed by atoms with E-state index in [1.54, 1.807) is 11.3 Å². The third-order valence-corrected chi connectivity index (χ3v) is 5.85. The summed E-state index contributed by atoms with van der Waals surface area (Å²) >= 11 is 1.63. The number of thiazole rings is 1. The van der Waals surface area contributed by atoms with Gasteiger partial charge in [0.2, 0.25) is 0 Å². The number of amides is 1. The predicted octanol–water partition coefficient (Wildman–Crippen LogP) is 5.48. The van der Waals surface area contributed by atoms with E-state index >= 15 is 0 Å². The number of nitrogens with one attached hydrogen (secondary N) is 1. The van der Waals surface area contributed by atoms with Gasteiger partial charge in [-0.1, -0.05) is 20.3 Å². The highest BCUT2D eigenvalue weighted by molar-refractivity contribution is 7.13. The fourth-order valence-electron chi connectivity index (χ4n) is 3.36. The van der Waals surface area contributed by atoms with E-state index < -0.39 is 0 Å². The Bertz CT molecular complexity index is 987. The SMILES string of the molecule is CCCCn1c(-c2csc(-c3ccnc(CC)c3)n2)cc(C(=O)NC(C)C)c1C. The van der Waals surface area contributed by atoms with Gasteiger partial charge in [0.05, 0.1) is 17.0 Å². The van der Waals surface area contributed by atoms with Gasteiger partial charge in [-0.2, -0.15) is 0 Å². The van der Waals surface area contributed by atoms with Crippen LogP contribution in [0.4, 0.5) is 0 Å². The van der Waals surface area contributed by atoms with E-state index in [4.69, 9.17) is 4.98 Å². The summed E-state index contributed by atoms with van der Waals surface area (Å²) in [5.74, 6) is -0.0221. The lowest BCUT2D eigenvalue weighted by Crippen LogP contribution is -2.30. The lowest BCUT2D eigenvalue weighted by atomic mass is 10.2. The molecule has 5 nitrogen and oxygen atoms in total. The van der Waals surface area contributed by atoms with Gasteiger partial charge < -0.3 is 9.88 Å². The van der Waals surface area contributed by atoms with Crippen molar-refractivity contribution >= 4 is 17.2 Å². The number of nitrogens with zero attached hydrogens (tertiary/aromatic N) is 3. The minimum atomic E-state index is -0.0221. The van der Waals surface area contributed by atoms with Crippen LogP contribution in [0.15, 0.2) is 29.8 Å². The molecule has 154 valence electrons. The quantitative estimate of drug-likeness (QED) is 0.535. The summed E-state index contributed by atoms with van der Waals surface area (Å²) in [7, 11) is 0. The van der Waals surface area contributed by atoms with Crippen LogP contribution in [0.3, 0.4) is 0 Å². The Morgan fingerprint density at radius 1 is 1.28 bits per heavy atom. The maximum atomic E-state index is 12.7. The molecule has 0 aliphatic carbocycles. The largest absolute Gasteiger partial charge is 0.350 e. The summed E-state index contributed by atoms with van der Waals surface area (Å²) in [6, 6.07) is 6.21. The highest BCUT2D eigenvalue weighted by atomic mass is 32.1. The Morgan fingerprint density at radius 3 is 2.76 bits per heavy atom. The van der Waals surface area contributed by atoms with Crippen LogP contribution < -0.4 is 5.32 Å². The van der Waals surface area contributed by atoms with Gasteiger partial charge >= 0.3 is 0 Å². The van der Waals surface area contributed by atoms with Crippen LogP contribution >= 0.6 is 11.3 Å². The zero-order valence-corrected chi connectivity index (χ0v) is 18.8. The van der Waals surface area contributed by atoms with Crippen LogP contribution in [0.2, 0.25) is 0 Å². The minimum absolute atomic E-state index is 0.0221. The van der Waals surface area contributed by atoms with Gasteiger partial charge in [0.1, 0.15) is 5.01 Å². The standard InChI is InChI=1S/C23H30N4OS/c1-6-8-11-27-16(5)19(22(28)25-15(3)4)13-21(27)20-14-29-23(26-20)17-9-10-24-18(7-2)12-17/h9-10,12-15H,6-8,11H2,1-5H3,(H,25,28). The van der Waals surface area contributed by atoms with E-state index in [1.807, 2.05) is 39.1 Å². The van der Waals surface area contributed by atoms with Gasteiger partial charge in [-0.05, 0) is 51.8 Å². The third-order valence-electron chi connectivity index (χ3n) is 4.96. The van der Waals surface area contributed by atoms with Crippen molar-refractivity contribution in [2.24, 2.45) is 0 Å². The number of aryl methyl sites for hydroxylation is 1. The molecule has 0 radical (unpaired) electrons. The first-order valence-electron chi connectivity index (χ1n) is 10.4. The average Bonchev–Trinajstić information content (AvgIpc) is 3.31. The molecule has 29 heavy (non-hydrogen) atoms. The summed E-state index contributed by atoms with van der Waals surface area (Å²) in [6.45, 7) is 11.2. The van der Waals surface area contributed by atoms with Crippen LogP contribution in [-0.2, 0) is 13.0 Å². The third kappa shape index (κ3) is 4.75. The predicted molar refractivity (Wildman–Crippen MR) is 120 cm³/mol. The number of hydrogen-bond acceptors (Lipinski definition) is 4. The monoisotopic (exact) mass is 410 g/mol. The van der Waals surface area contributed by atoms with E-state index in [-0.39, 0.29) is 11.9 Å². The Kier molecular flexibility index (Phi) is 6.85. The molecule has 0 atom stereocenters. The molecule has 0 bridgehead atoms. The summed E-state index contributed by atoms with van der Waals surface area (Å²) in [4.78, 5) is 22.0. The molecule has 3 aromatic heterocycles. The van der Waals surface area contributed by atoms with Crippen LogP contribution in [0, 0.1) is 6.92 Å². The molecule has 3 heterocycles. The second kappa shape index (κ2) is 9.35. The molecule has 3 rings (SSSR count). The average molecular weight is 411 g/mol. The van der Waals surface area contributed by atoms with Gasteiger partial charge in [-0.3, -0.25) is 9.78 Å². The molecule has 0 unspecified atom stereocenters. The number of rotatable bonds is 8. The van der Waals surface area contributed by atoms with Gasteiger partial charge in [0, 0.05) is 41.1 Å². The number of carbonyl (C=O) groups excluding carboxylic acids is 1. The van der Waals surface area contributed by atoms with Crippen molar-refractivity contribution in [3.63, 3.8) is 0 Å². The Labute approximate surface area is 177 Å². The van der Waals surface area contributed by atoms with Crippen molar-refractivity contribution in [1.29, 1.82) is 0 Å². The number of hydrogen-bond donors (Lipinski definition) is 1. The Hall–Kier alpha value is -2.47. The highest BCUT2D eigenvalue weighted by Crippen LogP contribution is 2.32. The van der Waals surface area contributed by atoms with Crippen LogP contribution in [-0.4, -0.2) is 26.5 Å². The Balaban J connectivity index is 2.01. The number of aromatic nitrogens is 3. The molecule has 1 N–H and O–H groups in total. The molecule has 1 amide bonds. The van der Waals surface area contributed by atoms with Crippen molar-refractivity contribution in [2.75, 3.05) is 0 Å². The highest BCUT2D eigenvalue weighted by Gasteiger charge is 2.20. The number of unbranched alkanes of at least 4 members (excludes halogenated alkanes) is 1. The van der Waals surface area contributed by atoms with E-state index in [0.29, 0.717) is 0 Å². The molecule has 3 aromatic rings. The van der Waals surface area contributed by atoms with Gasteiger partial charge in [-0.15, -0.1) is 11.3 Å². The van der Waals surface area contributed by atoms with Crippen LogP contribution in [0.5, 0.6) is 0 Å². The molecule has 0 saturated heterocycles. The smallest absolute Gasteiger partial charge is 0.253 e. The number of carbonyl (C=O) groups is 1. The van der Waals surface area contributed by atoms with Gasteiger partial charge in [0.25, 0.3) is 5.91 Å². The second-order valence-electron chi connectivity index (χ2n) is 7.59. The Morgan fingerprint density at radius 2 is 2.07 bits per heavy atom. The fraction of sp³-hybridized carbons (Fsp3) is 0.435. The summed E-state index contributed by atoms with van der Waals surface area (Å²) < 4.78 is 2.24. The summed E-state index contributed by atoms with van der Waals surface area (Å²) in [6.07, 6.45) is 4.91. The first-order chi connectivity index (χ1) is 13.9.